The largest absolute Gasteiger partial charge is 0.481 e. The van der Waals surface area contributed by atoms with E-state index in [1.54, 1.807) is 4.90 Å². The molecule has 0 spiro atoms. The third-order valence-electron chi connectivity index (χ3n) is 4.31. The van der Waals surface area contributed by atoms with Crippen LogP contribution in [0.15, 0.2) is 29.2 Å². The molecule has 1 atom stereocenters. The van der Waals surface area contributed by atoms with E-state index in [2.05, 4.69) is 0 Å². The summed E-state index contributed by atoms with van der Waals surface area (Å²) in [7, 11) is -3.69. The summed E-state index contributed by atoms with van der Waals surface area (Å²) in [6.45, 7) is 0.798. The van der Waals surface area contributed by atoms with E-state index in [4.69, 9.17) is 5.11 Å². The highest BCUT2D eigenvalue weighted by Crippen LogP contribution is 2.30. The van der Waals surface area contributed by atoms with E-state index in [9.17, 15) is 18.0 Å². The van der Waals surface area contributed by atoms with Crippen LogP contribution in [0, 0.1) is 0 Å². The van der Waals surface area contributed by atoms with Gasteiger partial charge in [-0.15, -0.1) is 0 Å². The van der Waals surface area contributed by atoms with Crippen molar-refractivity contribution in [2.45, 2.75) is 36.7 Å². The van der Waals surface area contributed by atoms with Crippen molar-refractivity contribution in [2.24, 2.45) is 0 Å². The van der Waals surface area contributed by atoms with Gasteiger partial charge in [-0.1, -0.05) is 12.1 Å². The van der Waals surface area contributed by atoms with Gasteiger partial charge >= 0.3 is 5.97 Å². The van der Waals surface area contributed by atoms with Crippen LogP contribution in [0.3, 0.4) is 0 Å². The van der Waals surface area contributed by atoms with E-state index in [-0.39, 0.29) is 36.4 Å². The number of sulfonamides is 1. The summed E-state index contributed by atoms with van der Waals surface area (Å²) in [5, 5.41) is 8.76. The number of rotatable bonds is 4. The smallest absolute Gasteiger partial charge is 0.307 e. The Hall–Kier alpha value is -1.93. The zero-order valence-electron chi connectivity index (χ0n) is 12.5. The van der Waals surface area contributed by atoms with Gasteiger partial charge in [0, 0.05) is 19.5 Å². The van der Waals surface area contributed by atoms with Gasteiger partial charge in [-0.3, -0.25) is 9.59 Å². The van der Waals surface area contributed by atoms with Crippen molar-refractivity contribution in [2.75, 3.05) is 13.1 Å². The standard InChI is InChI=1S/C15H18N2O5S/c18-14-7-9-17(13-2-1-8-16(13)14)23(21,22)12-5-3-11(4-6-12)10-15(19)20/h3-6,13H,1-2,7-10H2,(H,19,20). The number of carboxylic acid groups (broad SMARTS) is 1. The molecular formula is C15H18N2O5S. The Labute approximate surface area is 134 Å². The zero-order valence-corrected chi connectivity index (χ0v) is 13.3. The van der Waals surface area contributed by atoms with Crippen LogP contribution in [0.25, 0.3) is 0 Å². The van der Waals surface area contributed by atoms with Crippen LogP contribution >= 0.6 is 0 Å². The van der Waals surface area contributed by atoms with Crippen LogP contribution < -0.4 is 0 Å². The van der Waals surface area contributed by atoms with Crippen LogP contribution in [-0.2, 0) is 26.0 Å². The first-order chi connectivity index (χ1) is 10.9. The molecule has 2 heterocycles. The first-order valence-electron chi connectivity index (χ1n) is 7.51. The molecule has 0 aromatic heterocycles. The summed E-state index contributed by atoms with van der Waals surface area (Å²) in [6, 6.07) is 5.90. The minimum Gasteiger partial charge on any atom is -0.481 e. The molecular weight excluding hydrogens is 320 g/mol. The molecule has 0 aliphatic carbocycles. The molecule has 0 saturated carbocycles. The Morgan fingerprint density at radius 3 is 2.57 bits per heavy atom. The summed E-state index contributed by atoms with van der Waals surface area (Å²) >= 11 is 0. The Kier molecular flexibility index (Phi) is 4.11. The van der Waals surface area contributed by atoms with Crippen molar-refractivity contribution < 1.29 is 23.1 Å². The fraction of sp³-hybridized carbons (Fsp3) is 0.467. The highest BCUT2D eigenvalue weighted by atomic mass is 32.2. The van der Waals surface area contributed by atoms with Crippen molar-refractivity contribution in [3.8, 4) is 0 Å². The van der Waals surface area contributed by atoms with Crippen LogP contribution in [-0.4, -0.2) is 53.9 Å². The summed E-state index contributed by atoms with van der Waals surface area (Å²) in [4.78, 5) is 24.3. The van der Waals surface area contributed by atoms with Gasteiger partial charge in [0.25, 0.3) is 0 Å². The molecule has 1 N–H and O–H groups in total. The van der Waals surface area contributed by atoms with Gasteiger partial charge in [0.05, 0.1) is 17.5 Å². The Balaban J connectivity index is 1.86. The van der Waals surface area contributed by atoms with E-state index in [0.717, 1.165) is 6.42 Å². The molecule has 124 valence electrons. The third-order valence-corrected chi connectivity index (χ3v) is 6.22. The first kappa shape index (κ1) is 15.9. The summed E-state index contributed by atoms with van der Waals surface area (Å²) in [5.74, 6) is -0.951. The fourth-order valence-corrected chi connectivity index (χ4v) is 4.83. The van der Waals surface area contributed by atoms with Gasteiger partial charge in [0.2, 0.25) is 15.9 Å². The molecule has 0 bridgehead atoms. The zero-order chi connectivity index (χ0) is 16.6. The topological polar surface area (TPSA) is 95.0 Å². The minimum atomic E-state index is -3.69. The molecule has 23 heavy (non-hydrogen) atoms. The number of hydrogen-bond donors (Lipinski definition) is 1. The van der Waals surface area contributed by atoms with Crippen LogP contribution in [0.4, 0.5) is 0 Å². The van der Waals surface area contributed by atoms with E-state index in [0.29, 0.717) is 18.5 Å². The number of fused-ring (bicyclic) bond motifs is 1. The molecule has 1 aromatic rings. The van der Waals surface area contributed by atoms with E-state index < -0.39 is 16.0 Å². The molecule has 3 rings (SSSR count). The number of aliphatic carboxylic acids is 1. The number of nitrogens with zero attached hydrogens (tertiary/aromatic N) is 2. The molecule has 2 aliphatic heterocycles. The minimum absolute atomic E-state index is 0.00996. The van der Waals surface area contributed by atoms with Gasteiger partial charge < -0.3 is 10.0 Å². The maximum Gasteiger partial charge on any atom is 0.307 e. The predicted octanol–water partition coefficient (Wildman–Crippen LogP) is 0.657. The summed E-state index contributed by atoms with van der Waals surface area (Å²) in [6.07, 6.45) is 1.13. The number of carbonyl (C=O) groups is 2. The lowest BCUT2D eigenvalue weighted by Crippen LogP contribution is -2.54. The monoisotopic (exact) mass is 338 g/mol. The first-order valence-corrected chi connectivity index (χ1v) is 8.95. The average molecular weight is 338 g/mol. The Morgan fingerprint density at radius 1 is 1.22 bits per heavy atom. The third kappa shape index (κ3) is 2.96. The maximum atomic E-state index is 12.8. The predicted molar refractivity (Wildman–Crippen MR) is 81.0 cm³/mol. The molecule has 1 aromatic carbocycles. The van der Waals surface area contributed by atoms with Gasteiger partial charge in [-0.25, -0.2) is 8.42 Å². The average Bonchev–Trinajstić information content (AvgIpc) is 2.97. The van der Waals surface area contributed by atoms with Crippen molar-refractivity contribution in [1.29, 1.82) is 0 Å². The second-order valence-electron chi connectivity index (χ2n) is 5.79. The molecule has 8 heteroatoms. The highest BCUT2D eigenvalue weighted by molar-refractivity contribution is 7.89. The molecule has 1 amide bonds. The molecule has 1 unspecified atom stereocenters. The summed E-state index contributed by atoms with van der Waals surface area (Å²) in [5.41, 5.74) is 0.549. The molecule has 0 radical (unpaired) electrons. The van der Waals surface area contributed by atoms with Crippen LogP contribution in [0.5, 0.6) is 0 Å². The molecule has 2 fully saturated rings. The normalized spacial score (nSPS) is 22.2. The number of carboxylic acids is 1. The molecule has 2 aliphatic rings. The highest BCUT2D eigenvalue weighted by Gasteiger charge is 2.43. The molecule has 2 saturated heterocycles. The van der Waals surface area contributed by atoms with Gasteiger partial charge in [-0.2, -0.15) is 4.31 Å². The van der Waals surface area contributed by atoms with Gasteiger partial charge in [0.1, 0.15) is 0 Å². The lowest BCUT2D eigenvalue weighted by Gasteiger charge is -2.38. The Bertz CT molecular complexity index is 729. The Morgan fingerprint density at radius 2 is 1.91 bits per heavy atom. The van der Waals surface area contributed by atoms with Crippen LogP contribution in [0.1, 0.15) is 24.8 Å². The maximum absolute atomic E-state index is 12.8. The fourth-order valence-electron chi connectivity index (χ4n) is 3.21. The van der Waals surface area contributed by atoms with Gasteiger partial charge in [0.15, 0.2) is 0 Å². The van der Waals surface area contributed by atoms with E-state index in [1.807, 2.05) is 0 Å². The van der Waals surface area contributed by atoms with E-state index in [1.165, 1.54) is 28.6 Å². The molecule has 7 nitrogen and oxygen atoms in total. The van der Waals surface area contributed by atoms with E-state index >= 15 is 0 Å². The number of amides is 1. The van der Waals surface area contributed by atoms with Crippen molar-refractivity contribution in [3.63, 3.8) is 0 Å². The second-order valence-corrected chi connectivity index (χ2v) is 7.68. The summed E-state index contributed by atoms with van der Waals surface area (Å²) < 4.78 is 27.1. The lowest BCUT2D eigenvalue weighted by molar-refractivity contribution is -0.138. The number of carbonyl (C=O) groups excluding carboxylic acids is 1. The second kappa shape index (κ2) is 5.93. The van der Waals surface area contributed by atoms with Gasteiger partial charge in [-0.05, 0) is 30.5 Å². The van der Waals surface area contributed by atoms with Crippen molar-refractivity contribution in [1.82, 2.24) is 9.21 Å². The van der Waals surface area contributed by atoms with Crippen molar-refractivity contribution in [3.05, 3.63) is 29.8 Å². The number of hydrogen-bond acceptors (Lipinski definition) is 4. The SMILES string of the molecule is O=C(O)Cc1ccc(S(=O)(=O)N2CCC(=O)N3CCCC32)cc1. The lowest BCUT2D eigenvalue weighted by atomic mass is 10.2. The quantitative estimate of drug-likeness (QED) is 0.870. The van der Waals surface area contributed by atoms with Crippen molar-refractivity contribution >= 4 is 21.9 Å². The number of benzene rings is 1. The van der Waals surface area contributed by atoms with Crippen LogP contribution in [0.2, 0.25) is 0 Å².